The van der Waals surface area contributed by atoms with E-state index in [4.69, 9.17) is 15.7 Å². The van der Waals surface area contributed by atoms with E-state index in [9.17, 15) is 0 Å². The van der Waals surface area contributed by atoms with Gasteiger partial charge in [-0.05, 0) is 37.1 Å². The maximum Gasteiger partial charge on any atom is 0.177 e. The molecule has 0 atom stereocenters. The molecule has 0 spiro atoms. The highest BCUT2D eigenvalue weighted by atomic mass is 16.5. The van der Waals surface area contributed by atoms with Crippen LogP contribution in [0.2, 0.25) is 0 Å². The number of amidine groups is 1. The third-order valence-corrected chi connectivity index (χ3v) is 1.71. The first-order valence-electron chi connectivity index (χ1n) is 4.29. The molecule has 1 aromatic carbocycles. The summed E-state index contributed by atoms with van der Waals surface area (Å²) in [5.74, 6) is 0.790. The van der Waals surface area contributed by atoms with Crippen LogP contribution in [-0.2, 0) is 0 Å². The Balaban J connectivity index is 2.67. The van der Waals surface area contributed by atoms with Gasteiger partial charge >= 0.3 is 0 Å². The molecule has 0 fully saturated rings. The lowest BCUT2D eigenvalue weighted by Crippen LogP contribution is -2.20. The Morgan fingerprint density at radius 1 is 1.36 bits per heavy atom. The van der Waals surface area contributed by atoms with Gasteiger partial charge in [0.25, 0.3) is 0 Å². The van der Waals surface area contributed by atoms with E-state index < -0.39 is 0 Å². The molecule has 0 heterocycles. The predicted molar refractivity (Wildman–Crippen MR) is 54.8 cm³/mol. The molecule has 0 saturated carbocycles. The van der Waals surface area contributed by atoms with Crippen molar-refractivity contribution >= 4 is 5.84 Å². The van der Waals surface area contributed by atoms with Crippen LogP contribution in [0.5, 0.6) is 5.75 Å². The number of nitrogens with zero attached hydrogens (tertiary/aromatic N) is 1. The summed E-state index contributed by atoms with van der Waals surface area (Å²) >= 11 is 0. The number of aryl methyl sites for hydroxylation is 2. The maximum atomic E-state index is 8.30. The van der Waals surface area contributed by atoms with Gasteiger partial charge < -0.3 is 15.7 Å². The predicted octanol–water partition coefficient (Wildman–Crippen LogP) is 1.43. The van der Waals surface area contributed by atoms with Crippen molar-refractivity contribution in [1.29, 1.82) is 0 Å². The number of nitrogens with two attached hydrogens (primary N) is 1. The van der Waals surface area contributed by atoms with Gasteiger partial charge in [-0.3, -0.25) is 0 Å². The van der Waals surface area contributed by atoms with Gasteiger partial charge in [-0.15, -0.1) is 0 Å². The van der Waals surface area contributed by atoms with Gasteiger partial charge in [0.15, 0.2) is 5.84 Å². The molecule has 0 aliphatic carbocycles. The molecule has 0 aromatic heterocycles. The second-order valence-electron chi connectivity index (χ2n) is 3.20. The first-order valence-corrected chi connectivity index (χ1v) is 4.29. The summed E-state index contributed by atoms with van der Waals surface area (Å²) in [4.78, 5) is 0. The van der Waals surface area contributed by atoms with Crippen molar-refractivity contribution in [3.05, 3.63) is 29.3 Å². The molecule has 0 aliphatic rings. The fourth-order valence-electron chi connectivity index (χ4n) is 1.20. The molecular weight excluding hydrogens is 180 g/mol. The lowest BCUT2D eigenvalue weighted by atomic mass is 10.1. The summed E-state index contributed by atoms with van der Waals surface area (Å²) in [6.45, 7) is 4.08. The molecule has 3 N–H and O–H groups in total. The van der Waals surface area contributed by atoms with Gasteiger partial charge in [0.05, 0.1) is 0 Å². The topological polar surface area (TPSA) is 67.8 Å². The monoisotopic (exact) mass is 194 g/mol. The SMILES string of the molecule is Cc1cc(C)cc(OC/C(N)=N/O)c1. The zero-order valence-electron chi connectivity index (χ0n) is 8.32. The van der Waals surface area contributed by atoms with E-state index in [-0.39, 0.29) is 12.4 Å². The quantitative estimate of drug-likeness (QED) is 0.331. The number of benzene rings is 1. The number of hydrogen-bond donors (Lipinski definition) is 2. The third kappa shape index (κ3) is 2.97. The lowest BCUT2D eigenvalue weighted by Gasteiger charge is -2.06. The number of oxime groups is 1. The minimum atomic E-state index is 0.0594. The van der Waals surface area contributed by atoms with Crippen LogP contribution in [0.1, 0.15) is 11.1 Å². The zero-order chi connectivity index (χ0) is 10.6. The minimum absolute atomic E-state index is 0.0594. The highest BCUT2D eigenvalue weighted by molar-refractivity contribution is 5.81. The molecule has 1 rings (SSSR count). The normalized spacial score (nSPS) is 11.4. The number of hydrogen-bond acceptors (Lipinski definition) is 3. The Morgan fingerprint density at radius 2 is 1.93 bits per heavy atom. The van der Waals surface area contributed by atoms with E-state index in [1.165, 1.54) is 0 Å². The summed E-state index contributed by atoms with van der Waals surface area (Å²) in [5, 5.41) is 11.1. The summed E-state index contributed by atoms with van der Waals surface area (Å²) < 4.78 is 5.30. The van der Waals surface area contributed by atoms with Gasteiger partial charge in [0, 0.05) is 0 Å². The van der Waals surface area contributed by atoms with E-state index in [0.29, 0.717) is 0 Å². The number of ether oxygens (including phenoxy) is 1. The Bertz CT molecular complexity index is 328. The second kappa shape index (κ2) is 4.50. The van der Waals surface area contributed by atoms with Crippen molar-refractivity contribution in [2.45, 2.75) is 13.8 Å². The molecule has 0 bridgehead atoms. The summed E-state index contributed by atoms with van der Waals surface area (Å²) in [5.41, 5.74) is 7.52. The highest BCUT2D eigenvalue weighted by Crippen LogP contribution is 2.15. The van der Waals surface area contributed by atoms with E-state index in [0.717, 1.165) is 16.9 Å². The van der Waals surface area contributed by atoms with Crippen LogP contribution >= 0.6 is 0 Å². The lowest BCUT2D eigenvalue weighted by molar-refractivity contribution is 0.306. The molecule has 0 unspecified atom stereocenters. The molecule has 4 heteroatoms. The van der Waals surface area contributed by atoms with Crippen molar-refractivity contribution in [1.82, 2.24) is 0 Å². The fourth-order valence-corrected chi connectivity index (χ4v) is 1.20. The van der Waals surface area contributed by atoms with E-state index in [1.54, 1.807) is 0 Å². The van der Waals surface area contributed by atoms with Crippen LogP contribution in [0, 0.1) is 13.8 Å². The minimum Gasteiger partial charge on any atom is -0.486 e. The summed E-state index contributed by atoms with van der Waals surface area (Å²) in [6, 6.07) is 5.85. The second-order valence-corrected chi connectivity index (χ2v) is 3.20. The van der Waals surface area contributed by atoms with Crippen molar-refractivity contribution in [2.24, 2.45) is 10.9 Å². The largest absolute Gasteiger partial charge is 0.486 e. The molecule has 14 heavy (non-hydrogen) atoms. The zero-order valence-corrected chi connectivity index (χ0v) is 8.32. The molecular formula is C10H14N2O2. The molecule has 0 amide bonds. The highest BCUT2D eigenvalue weighted by Gasteiger charge is 1.98. The van der Waals surface area contributed by atoms with Crippen molar-refractivity contribution < 1.29 is 9.94 Å². The van der Waals surface area contributed by atoms with Crippen LogP contribution < -0.4 is 10.5 Å². The van der Waals surface area contributed by atoms with Crippen LogP contribution in [-0.4, -0.2) is 17.6 Å². The Hall–Kier alpha value is -1.71. The Morgan fingerprint density at radius 3 is 2.43 bits per heavy atom. The average Bonchev–Trinajstić information content (AvgIpc) is 2.12. The van der Waals surface area contributed by atoms with Gasteiger partial charge in [-0.2, -0.15) is 0 Å². The average molecular weight is 194 g/mol. The molecule has 0 saturated heterocycles. The van der Waals surface area contributed by atoms with Crippen LogP contribution in [0.25, 0.3) is 0 Å². The van der Waals surface area contributed by atoms with Crippen molar-refractivity contribution in [2.75, 3.05) is 6.61 Å². The first-order chi connectivity index (χ1) is 6.61. The summed E-state index contributed by atoms with van der Waals surface area (Å²) in [6.07, 6.45) is 0. The van der Waals surface area contributed by atoms with Crippen LogP contribution in [0.15, 0.2) is 23.4 Å². The molecule has 4 nitrogen and oxygen atoms in total. The molecule has 0 aliphatic heterocycles. The third-order valence-electron chi connectivity index (χ3n) is 1.71. The Kier molecular flexibility index (Phi) is 3.34. The Labute approximate surface area is 83.0 Å². The van der Waals surface area contributed by atoms with Gasteiger partial charge in [-0.25, -0.2) is 0 Å². The van der Waals surface area contributed by atoms with Crippen molar-refractivity contribution in [3.63, 3.8) is 0 Å². The van der Waals surface area contributed by atoms with Gasteiger partial charge in [-0.1, -0.05) is 11.2 Å². The maximum absolute atomic E-state index is 8.30. The van der Waals surface area contributed by atoms with E-state index >= 15 is 0 Å². The molecule has 1 aromatic rings. The standard InChI is InChI=1S/C10H14N2O2/c1-7-3-8(2)5-9(4-7)14-6-10(11)12-13/h3-5,13H,6H2,1-2H3,(H2,11,12). The number of rotatable bonds is 3. The molecule has 76 valence electrons. The van der Waals surface area contributed by atoms with Crippen LogP contribution in [0.3, 0.4) is 0 Å². The molecule has 0 radical (unpaired) electrons. The smallest absolute Gasteiger partial charge is 0.177 e. The summed E-state index contributed by atoms with van der Waals surface area (Å²) in [7, 11) is 0. The van der Waals surface area contributed by atoms with Crippen molar-refractivity contribution in [3.8, 4) is 5.75 Å². The first kappa shape index (κ1) is 10.4. The van der Waals surface area contributed by atoms with E-state index in [2.05, 4.69) is 11.2 Å². The fraction of sp³-hybridized carbons (Fsp3) is 0.300. The van der Waals surface area contributed by atoms with Crippen LogP contribution in [0.4, 0.5) is 0 Å². The van der Waals surface area contributed by atoms with E-state index in [1.807, 2.05) is 26.0 Å². The van der Waals surface area contributed by atoms with Gasteiger partial charge in [0.2, 0.25) is 0 Å². The van der Waals surface area contributed by atoms with Gasteiger partial charge in [0.1, 0.15) is 12.4 Å².